The van der Waals surface area contributed by atoms with Crippen LogP contribution in [0.4, 0.5) is 0 Å². The molecule has 0 heterocycles. The topological polar surface area (TPSA) is 86.6 Å². The number of aliphatic carboxylic acids is 1. The Kier molecular flexibility index (Phi) is 4.50. The van der Waals surface area contributed by atoms with Gasteiger partial charge in [0.2, 0.25) is 5.91 Å². The Balaban J connectivity index is 1.90. The molecule has 1 aromatic rings. The van der Waals surface area contributed by atoms with Crippen molar-refractivity contribution >= 4 is 11.9 Å². The Labute approximate surface area is 124 Å². The summed E-state index contributed by atoms with van der Waals surface area (Å²) in [5, 5.41) is 21.8. The molecule has 2 atom stereocenters. The number of carboxylic acid groups (broad SMARTS) is 1. The third-order valence-corrected chi connectivity index (χ3v) is 4.39. The molecule has 1 aromatic carbocycles. The molecule has 1 saturated carbocycles. The van der Waals surface area contributed by atoms with Gasteiger partial charge >= 0.3 is 5.97 Å². The molecule has 5 heteroatoms. The van der Waals surface area contributed by atoms with Crippen molar-refractivity contribution in [2.45, 2.75) is 45.1 Å². The third kappa shape index (κ3) is 3.35. The van der Waals surface area contributed by atoms with Crippen LogP contribution < -0.4 is 5.32 Å². The van der Waals surface area contributed by atoms with E-state index in [1.807, 2.05) is 6.07 Å². The molecule has 114 valence electrons. The van der Waals surface area contributed by atoms with Gasteiger partial charge in [0.1, 0.15) is 5.75 Å². The van der Waals surface area contributed by atoms with Gasteiger partial charge in [0.05, 0.1) is 5.41 Å². The zero-order chi connectivity index (χ0) is 15.5. The summed E-state index contributed by atoms with van der Waals surface area (Å²) >= 11 is 0. The molecule has 1 amide bonds. The predicted molar refractivity (Wildman–Crippen MR) is 78.0 cm³/mol. The number of amides is 1. The molecule has 5 nitrogen and oxygen atoms in total. The summed E-state index contributed by atoms with van der Waals surface area (Å²) in [6, 6.07) is 6.60. The van der Waals surface area contributed by atoms with Crippen LogP contribution in [0, 0.1) is 5.41 Å². The minimum atomic E-state index is -0.870. The number of para-hydroxylation sites is 1. The maximum absolute atomic E-state index is 12.0. The summed E-state index contributed by atoms with van der Waals surface area (Å²) in [6.07, 6.45) is 2.78. The van der Waals surface area contributed by atoms with Crippen molar-refractivity contribution < 1.29 is 19.8 Å². The quantitative estimate of drug-likeness (QED) is 0.775. The van der Waals surface area contributed by atoms with Gasteiger partial charge in [0.15, 0.2) is 0 Å². The summed E-state index contributed by atoms with van der Waals surface area (Å²) in [6.45, 7) is 1.69. The van der Waals surface area contributed by atoms with Crippen molar-refractivity contribution in [1.29, 1.82) is 0 Å². The lowest BCUT2D eigenvalue weighted by molar-refractivity contribution is -0.149. The van der Waals surface area contributed by atoms with E-state index in [1.165, 1.54) is 0 Å². The number of nitrogens with one attached hydrogen (secondary N) is 1. The number of benzene rings is 1. The first-order chi connectivity index (χ1) is 9.93. The van der Waals surface area contributed by atoms with Gasteiger partial charge in [-0.15, -0.1) is 0 Å². The van der Waals surface area contributed by atoms with Crippen LogP contribution in [-0.4, -0.2) is 28.1 Å². The van der Waals surface area contributed by atoms with Gasteiger partial charge < -0.3 is 15.5 Å². The molecule has 0 radical (unpaired) electrons. The molecule has 0 saturated heterocycles. The molecule has 0 aromatic heterocycles. The monoisotopic (exact) mass is 291 g/mol. The van der Waals surface area contributed by atoms with E-state index in [1.54, 1.807) is 25.1 Å². The van der Waals surface area contributed by atoms with Gasteiger partial charge in [-0.1, -0.05) is 24.6 Å². The largest absolute Gasteiger partial charge is 0.508 e. The Morgan fingerprint density at radius 2 is 2.10 bits per heavy atom. The maximum atomic E-state index is 12.0. The summed E-state index contributed by atoms with van der Waals surface area (Å²) < 4.78 is 0. The number of carboxylic acids is 1. The summed E-state index contributed by atoms with van der Waals surface area (Å²) in [7, 11) is 0. The number of carbonyl (C=O) groups excluding carboxylic acids is 1. The van der Waals surface area contributed by atoms with Gasteiger partial charge in [-0.3, -0.25) is 9.59 Å². The van der Waals surface area contributed by atoms with Crippen molar-refractivity contribution in [3.8, 4) is 5.75 Å². The molecule has 0 aliphatic heterocycles. The third-order valence-electron chi connectivity index (χ3n) is 4.39. The summed E-state index contributed by atoms with van der Waals surface area (Å²) in [4.78, 5) is 23.4. The minimum absolute atomic E-state index is 0.169. The number of phenolic OH excluding ortho intramolecular Hbond substituents is 1. The molecular weight excluding hydrogens is 270 g/mol. The Hall–Kier alpha value is -2.04. The van der Waals surface area contributed by atoms with Gasteiger partial charge in [0, 0.05) is 12.5 Å². The fraction of sp³-hybridized carbons (Fsp3) is 0.500. The van der Waals surface area contributed by atoms with Crippen LogP contribution in [0.5, 0.6) is 5.75 Å². The van der Waals surface area contributed by atoms with E-state index in [4.69, 9.17) is 0 Å². The standard InChI is InChI=1S/C16H21NO4/c1-16(15(20)21)10-4-7-13(16)17-14(19)9-8-11-5-2-3-6-12(11)18/h2-3,5-6,13,18H,4,7-10H2,1H3,(H,17,19)(H,20,21). The minimum Gasteiger partial charge on any atom is -0.508 e. The van der Waals surface area contributed by atoms with E-state index in [9.17, 15) is 19.8 Å². The van der Waals surface area contributed by atoms with Crippen LogP contribution in [0.15, 0.2) is 24.3 Å². The molecule has 21 heavy (non-hydrogen) atoms. The van der Waals surface area contributed by atoms with Crippen molar-refractivity contribution in [1.82, 2.24) is 5.32 Å². The molecule has 1 aliphatic rings. The number of aromatic hydroxyl groups is 1. The van der Waals surface area contributed by atoms with Crippen LogP contribution in [0.2, 0.25) is 0 Å². The first-order valence-electron chi connectivity index (χ1n) is 7.23. The fourth-order valence-electron chi connectivity index (χ4n) is 2.89. The lowest BCUT2D eigenvalue weighted by Crippen LogP contribution is -2.47. The van der Waals surface area contributed by atoms with Crippen LogP contribution >= 0.6 is 0 Å². The number of phenols is 1. The van der Waals surface area contributed by atoms with Crippen molar-refractivity contribution in [3.05, 3.63) is 29.8 Å². The molecular formula is C16H21NO4. The van der Waals surface area contributed by atoms with Crippen molar-refractivity contribution in [3.63, 3.8) is 0 Å². The molecule has 2 unspecified atom stereocenters. The second kappa shape index (κ2) is 6.16. The van der Waals surface area contributed by atoms with E-state index in [0.717, 1.165) is 12.0 Å². The highest BCUT2D eigenvalue weighted by atomic mass is 16.4. The lowest BCUT2D eigenvalue weighted by Gasteiger charge is -2.27. The SMILES string of the molecule is CC1(C(=O)O)CCCC1NC(=O)CCc1ccccc1O. The number of hydrogen-bond acceptors (Lipinski definition) is 3. The number of aryl methyl sites for hydroxylation is 1. The highest BCUT2D eigenvalue weighted by Crippen LogP contribution is 2.38. The summed E-state index contributed by atoms with van der Waals surface area (Å²) in [5.41, 5.74) is -0.148. The van der Waals surface area contributed by atoms with Crippen molar-refractivity contribution in [2.24, 2.45) is 5.41 Å². The highest BCUT2D eigenvalue weighted by Gasteiger charge is 2.45. The molecule has 2 rings (SSSR count). The normalized spacial score (nSPS) is 24.7. The number of rotatable bonds is 5. The molecule has 1 aliphatic carbocycles. The second-order valence-corrected chi connectivity index (χ2v) is 5.86. The van der Waals surface area contributed by atoms with Gasteiger partial charge in [0.25, 0.3) is 0 Å². The van der Waals surface area contributed by atoms with E-state index >= 15 is 0 Å². The van der Waals surface area contributed by atoms with E-state index in [-0.39, 0.29) is 24.1 Å². The van der Waals surface area contributed by atoms with E-state index < -0.39 is 11.4 Å². The molecule has 1 fully saturated rings. The van der Waals surface area contributed by atoms with Gasteiger partial charge in [-0.05, 0) is 37.8 Å². The predicted octanol–water partition coefficient (Wildman–Crippen LogP) is 2.08. The molecule has 0 bridgehead atoms. The molecule has 3 N–H and O–H groups in total. The fourth-order valence-corrected chi connectivity index (χ4v) is 2.89. The van der Waals surface area contributed by atoms with Crippen LogP contribution in [0.3, 0.4) is 0 Å². The summed E-state index contributed by atoms with van der Waals surface area (Å²) in [5.74, 6) is -0.842. The first kappa shape index (κ1) is 15.4. The molecule has 0 spiro atoms. The number of carbonyl (C=O) groups is 2. The second-order valence-electron chi connectivity index (χ2n) is 5.86. The Morgan fingerprint density at radius 3 is 2.76 bits per heavy atom. The average Bonchev–Trinajstić information content (AvgIpc) is 2.81. The van der Waals surface area contributed by atoms with Gasteiger partial charge in [-0.2, -0.15) is 0 Å². The smallest absolute Gasteiger partial charge is 0.311 e. The van der Waals surface area contributed by atoms with Crippen molar-refractivity contribution in [2.75, 3.05) is 0 Å². The van der Waals surface area contributed by atoms with Crippen LogP contribution in [0.1, 0.15) is 38.2 Å². The lowest BCUT2D eigenvalue weighted by atomic mass is 9.85. The zero-order valence-electron chi connectivity index (χ0n) is 12.1. The average molecular weight is 291 g/mol. The maximum Gasteiger partial charge on any atom is 0.311 e. The first-order valence-corrected chi connectivity index (χ1v) is 7.23. The Bertz CT molecular complexity index is 543. The van der Waals surface area contributed by atoms with Crippen LogP contribution in [0.25, 0.3) is 0 Å². The van der Waals surface area contributed by atoms with Crippen LogP contribution in [-0.2, 0) is 16.0 Å². The van der Waals surface area contributed by atoms with E-state index in [0.29, 0.717) is 19.3 Å². The number of hydrogen-bond donors (Lipinski definition) is 3. The van der Waals surface area contributed by atoms with Gasteiger partial charge in [-0.25, -0.2) is 0 Å². The van der Waals surface area contributed by atoms with E-state index in [2.05, 4.69) is 5.32 Å². The zero-order valence-corrected chi connectivity index (χ0v) is 12.1. The Morgan fingerprint density at radius 1 is 1.38 bits per heavy atom. The highest BCUT2D eigenvalue weighted by molar-refractivity contribution is 5.80.